The van der Waals surface area contributed by atoms with Crippen molar-refractivity contribution in [1.82, 2.24) is 0 Å². The van der Waals surface area contributed by atoms with E-state index < -0.39 is 0 Å². The zero-order chi connectivity index (χ0) is 15.4. The van der Waals surface area contributed by atoms with Gasteiger partial charge in [-0.05, 0) is 0 Å². The molecule has 114 valence electrons. The van der Waals surface area contributed by atoms with Crippen molar-refractivity contribution < 1.29 is 29.1 Å². The Morgan fingerprint density at radius 2 is 1.00 bits per heavy atom. The van der Waals surface area contributed by atoms with Crippen molar-refractivity contribution in [2.45, 2.75) is 40.0 Å². The van der Waals surface area contributed by atoms with Gasteiger partial charge in [0.2, 0.25) is 0 Å². The number of hydrogen-bond donors (Lipinski definition) is 0. The van der Waals surface area contributed by atoms with Crippen LogP contribution in [-0.2, 0) is 29.1 Å². The zero-order valence-electron chi connectivity index (χ0n) is 12.7. The summed E-state index contributed by atoms with van der Waals surface area (Å²) in [5.41, 5.74) is 0. The molecule has 0 aliphatic rings. The van der Waals surface area contributed by atoms with Crippen molar-refractivity contribution >= 4 is 13.6 Å². The molecular weight excluding hydrogens is 333 g/mol. The van der Waals surface area contributed by atoms with E-state index in [0.717, 1.165) is 13.1 Å². The van der Waals surface area contributed by atoms with Crippen LogP contribution in [0.1, 0.15) is 27.7 Å². The van der Waals surface area contributed by atoms with E-state index in [4.69, 9.17) is 9.59 Å². The Bertz CT molecular complexity index is 120. The molecule has 0 fully saturated rings. The molecule has 0 bridgehead atoms. The summed E-state index contributed by atoms with van der Waals surface area (Å²) in [6.07, 6.45) is 0.398. The van der Waals surface area contributed by atoms with E-state index in [1.165, 1.54) is 0 Å². The van der Waals surface area contributed by atoms with Crippen LogP contribution in [0.15, 0.2) is 0 Å². The summed E-state index contributed by atoms with van der Waals surface area (Å²) >= 11 is 0. The first kappa shape index (κ1) is 31.3. The molecule has 0 radical (unpaired) electrons. The van der Waals surface area contributed by atoms with Gasteiger partial charge in [-0.2, -0.15) is 27.2 Å². The number of carbonyl (C=O) groups excluding carboxylic acids is 2. The van der Waals surface area contributed by atoms with Crippen LogP contribution in [0.4, 0.5) is 0 Å². The third-order valence-corrected chi connectivity index (χ3v) is 1.64. The zero-order valence-corrected chi connectivity index (χ0v) is 14.4. The van der Waals surface area contributed by atoms with Crippen LogP contribution in [0.25, 0.3) is 21.3 Å². The van der Waals surface area contributed by atoms with Gasteiger partial charge in [-0.25, -0.2) is 12.3 Å². The molecule has 7 heteroatoms. The van der Waals surface area contributed by atoms with Crippen LogP contribution in [-0.4, -0.2) is 53.1 Å². The molecule has 0 N–H and O–H groups in total. The quantitative estimate of drug-likeness (QED) is 0.414. The average Bonchev–Trinajstić information content (AvgIpc) is 2.44. The number of rotatable bonds is 6. The summed E-state index contributed by atoms with van der Waals surface area (Å²) in [6.45, 7) is 16.2. The van der Waals surface area contributed by atoms with Crippen molar-refractivity contribution in [3.8, 4) is 0 Å². The second kappa shape index (κ2) is 36.1. The van der Waals surface area contributed by atoms with Crippen LogP contribution < -0.4 is 0 Å². The normalized spacial score (nSPS) is 10.8. The maximum absolute atomic E-state index is 7.75. The van der Waals surface area contributed by atoms with Crippen molar-refractivity contribution in [2.75, 3.05) is 27.2 Å². The Labute approximate surface area is 131 Å². The van der Waals surface area contributed by atoms with Gasteiger partial charge >= 0.3 is 19.5 Å². The third-order valence-electron chi connectivity index (χ3n) is 1.64. The standard InChI is InChI=1S/2C5H12N2.2CHO.Ru/c2*1-4-7-5(2)6-3;2*1-2;/h2*5H,4H2,1-3H3;2*1H;/q2*-2;2*-1;+6. The van der Waals surface area contributed by atoms with E-state index >= 15 is 0 Å². The van der Waals surface area contributed by atoms with Crippen LogP contribution in [0.5, 0.6) is 0 Å². The first-order valence-electron chi connectivity index (χ1n) is 5.60. The van der Waals surface area contributed by atoms with Gasteiger partial charge in [-0.15, -0.1) is 13.8 Å². The third kappa shape index (κ3) is 46.3. The molecule has 0 aliphatic carbocycles. The summed E-state index contributed by atoms with van der Waals surface area (Å²) in [5.74, 6) is 0. The SMILES string of the molecule is CC[N-]C(C)[N-]C.CC[N-]C(C)[N-]C.[CH-]=O.[CH-]=O.[Ru+6]. The Hall–Kier alpha value is -0.197. The summed E-state index contributed by atoms with van der Waals surface area (Å²) in [5, 5.41) is 16.0. The monoisotopic (exact) mass is 360 g/mol. The minimum absolute atomic E-state index is 0. The first-order valence-corrected chi connectivity index (χ1v) is 5.60. The van der Waals surface area contributed by atoms with Crippen LogP contribution in [0.2, 0.25) is 0 Å². The van der Waals surface area contributed by atoms with Crippen LogP contribution >= 0.6 is 0 Å². The Balaban J connectivity index is -0.0000000522. The van der Waals surface area contributed by atoms with Gasteiger partial charge in [-0.1, -0.05) is 13.8 Å². The Kier molecular flexibility index (Phi) is 59.4. The molecule has 19 heavy (non-hydrogen) atoms. The van der Waals surface area contributed by atoms with E-state index in [0.29, 0.717) is 0 Å². The van der Waals surface area contributed by atoms with Crippen molar-refractivity contribution in [2.24, 2.45) is 0 Å². The molecule has 2 unspecified atom stereocenters. The fourth-order valence-electron chi connectivity index (χ4n) is 0.692. The van der Waals surface area contributed by atoms with Gasteiger partial charge < -0.3 is 30.9 Å². The van der Waals surface area contributed by atoms with Crippen LogP contribution in [0, 0.1) is 0 Å². The minimum atomic E-state index is 0. The smallest absolute Gasteiger partial charge is 0.681 e. The van der Waals surface area contributed by atoms with E-state index in [2.05, 4.69) is 34.8 Å². The minimum Gasteiger partial charge on any atom is -0.681 e. The van der Waals surface area contributed by atoms with Crippen molar-refractivity contribution in [3.63, 3.8) is 0 Å². The van der Waals surface area contributed by atoms with E-state index in [9.17, 15) is 0 Å². The van der Waals surface area contributed by atoms with Gasteiger partial charge in [-0.3, -0.25) is 13.6 Å². The summed E-state index contributed by atoms with van der Waals surface area (Å²) < 4.78 is 0. The Morgan fingerprint density at radius 3 is 1.05 bits per heavy atom. The van der Waals surface area contributed by atoms with Gasteiger partial charge in [0, 0.05) is 0 Å². The van der Waals surface area contributed by atoms with Crippen LogP contribution in [0.3, 0.4) is 0 Å². The van der Waals surface area contributed by atoms with E-state index in [1.54, 1.807) is 14.1 Å². The summed E-state index contributed by atoms with van der Waals surface area (Å²) in [4.78, 5) is 15.5. The molecular formula is C12H26N4O2Ru. The second-order valence-corrected chi connectivity index (χ2v) is 2.78. The fraction of sp³-hybridized carbons (Fsp3) is 0.833. The molecule has 0 aromatic heterocycles. The topological polar surface area (TPSA) is 90.5 Å². The van der Waals surface area contributed by atoms with Crippen molar-refractivity contribution in [1.29, 1.82) is 0 Å². The molecule has 0 spiro atoms. The van der Waals surface area contributed by atoms with E-state index in [-0.39, 0.29) is 31.8 Å². The second-order valence-electron chi connectivity index (χ2n) is 2.78. The maximum atomic E-state index is 7.75. The van der Waals surface area contributed by atoms with Gasteiger partial charge in [0.15, 0.2) is 0 Å². The maximum Gasteiger partial charge on any atom is 6.00 e. The Morgan fingerprint density at radius 1 is 0.789 bits per heavy atom. The number of hydrogen-bond acceptors (Lipinski definition) is 2. The first-order chi connectivity index (χ1) is 8.62. The molecule has 0 saturated heterocycles. The summed E-state index contributed by atoms with van der Waals surface area (Å²) in [7, 11) is 3.56. The molecule has 0 amide bonds. The fourth-order valence-corrected chi connectivity index (χ4v) is 0.692. The largest absolute Gasteiger partial charge is 6.00 e. The molecule has 0 saturated carbocycles. The van der Waals surface area contributed by atoms with Gasteiger partial charge in [0.1, 0.15) is 0 Å². The molecule has 6 nitrogen and oxygen atoms in total. The molecule has 0 heterocycles. The molecule has 0 rings (SSSR count). The van der Waals surface area contributed by atoms with Gasteiger partial charge in [0.05, 0.1) is 0 Å². The summed E-state index contributed by atoms with van der Waals surface area (Å²) in [6, 6.07) is 0. The predicted molar refractivity (Wildman–Crippen MR) is 78.8 cm³/mol. The average molecular weight is 359 g/mol. The molecule has 0 aliphatic heterocycles. The van der Waals surface area contributed by atoms with Gasteiger partial charge in [0.25, 0.3) is 0 Å². The molecule has 2 atom stereocenters. The number of nitrogens with zero attached hydrogens (tertiary/aromatic N) is 4. The molecule has 0 aromatic carbocycles. The van der Waals surface area contributed by atoms with E-state index in [1.807, 2.05) is 27.7 Å². The molecule has 0 aromatic rings. The predicted octanol–water partition coefficient (Wildman–Crippen LogP) is 2.91. The van der Waals surface area contributed by atoms with Crippen molar-refractivity contribution in [3.05, 3.63) is 21.3 Å².